The van der Waals surface area contributed by atoms with Gasteiger partial charge in [0.2, 0.25) is 0 Å². The number of fused-ring (bicyclic) bond motifs is 3. The van der Waals surface area contributed by atoms with Crippen molar-refractivity contribution in [1.29, 1.82) is 0 Å². The van der Waals surface area contributed by atoms with Gasteiger partial charge in [0.25, 0.3) is 0 Å². The molecule has 0 aliphatic carbocycles. The molecule has 2 heterocycles. The number of ether oxygens (including phenoxy) is 3. The normalized spacial score (nSPS) is 14.7. The van der Waals surface area contributed by atoms with Gasteiger partial charge in [-0.2, -0.15) is 0 Å². The molecular formula is C25H32AsN2O6. The Labute approximate surface area is 207 Å². The number of anilines is 1. The Morgan fingerprint density at radius 2 is 1.94 bits per heavy atom. The van der Waals surface area contributed by atoms with Crippen LogP contribution in [-0.4, -0.2) is 48.9 Å². The topological polar surface area (TPSA) is 107 Å². The fourth-order valence-electron chi connectivity index (χ4n) is 3.90. The Hall–Kier alpha value is -2.73. The van der Waals surface area contributed by atoms with Gasteiger partial charge in [-0.25, -0.2) is 4.79 Å². The van der Waals surface area contributed by atoms with Crippen LogP contribution >= 0.6 is 0 Å². The molecule has 1 radical (unpaired) electrons. The number of amides is 1. The van der Waals surface area contributed by atoms with Gasteiger partial charge in [0, 0.05) is 0 Å². The molecule has 2 aromatic rings. The molecule has 183 valence electrons. The summed E-state index contributed by atoms with van der Waals surface area (Å²) < 4.78 is 17.2. The monoisotopic (exact) mass is 531 g/mol. The van der Waals surface area contributed by atoms with Gasteiger partial charge < -0.3 is 5.11 Å². The van der Waals surface area contributed by atoms with Crippen LogP contribution < -0.4 is 14.8 Å². The summed E-state index contributed by atoms with van der Waals surface area (Å²) in [6, 6.07) is 7.42. The zero-order valence-corrected chi connectivity index (χ0v) is 22.3. The van der Waals surface area contributed by atoms with Crippen molar-refractivity contribution >= 4 is 32.4 Å². The Bertz CT molecular complexity index is 1070. The van der Waals surface area contributed by atoms with E-state index in [0.717, 1.165) is 23.1 Å². The number of carbonyl (C=O) groups is 2. The minimum absolute atomic E-state index is 0.134. The molecule has 1 aromatic heterocycles. The maximum atomic E-state index is 12.6. The summed E-state index contributed by atoms with van der Waals surface area (Å²) >= 11 is -0.739. The predicted octanol–water partition coefficient (Wildman–Crippen LogP) is 5.97. The molecule has 1 aromatic carbocycles. The van der Waals surface area contributed by atoms with Crippen LogP contribution in [0.4, 0.5) is 15.4 Å². The number of nitrogens with zero attached hydrogens (tertiary/aromatic N) is 1. The van der Waals surface area contributed by atoms with Crippen molar-refractivity contribution in [1.82, 2.24) is 4.98 Å². The number of carbonyl (C=O) groups excluding carboxylic acids is 1. The van der Waals surface area contributed by atoms with Crippen LogP contribution in [0.15, 0.2) is 30.5 Å². The van der Waals surface area contributed by atoms with Crippen LogP contribution in [0.2, 0.25) is 4.20 Å². The van der Waals surface area contributed by atoms with Crippen LogP contribution in [0.5, 0.6) is 11.5 Å². The fourth-order valence-corrected chi connectivity index (χ4v) is 6.73. The summed E-state index contributed by atoms with van der Waals surface area (Å²) in [5, 5.41) is 11.2. The first kappa shape index (κ1) is 25.9. The van der Waals surface area contributed by atoms with Gasteiger partial charge >= 0.3 is 197 Å². The molecule has 1 amide bonds. The average molecular weight is 531 g/mol. The van der Waals surface area contributed by atoms with Gasteiger partial charge in [-0.1, -0.05) is 0 Å². The molecule has 0 bridgehead atoms. The Morgan fingerprint density at radius 1 is 1.21 bits per heavy atom. The second kappa shape index (κ2) is 10.3. The van der Waals surface area contributed by atoms with E-state index in [2.05, 4.69) is 31.1 Å². The maximum absolute atomic E-state index is 12.6. The molecule has 1 aliphatic rings. The van der Waals surface area contributed by atoms with Crippen molar-refractivity contribution in [2.45, 2.75) is 64.4 Å². The number of hydrogen-bond donors (Lipinski definition) is 2. The van der Waals surface area contributed by atoms with E-state index in [-0.39, 0.29) is 14.8 Å². The Morgan fingerprint density at radius 3 is 2.59 bits per heavy atom. The van der Waals surface area contributed by atoms with E-state index in [1.165, 1.54) is 6.20 Å². The summed E-state index contributed by atoms with van der Waals surface area (Å²) in [4.78, 5) is 27.6. The third kappa shape index (κ3) is 7.13. The molecule has 3 rings (SSSR count). The number of rotatable bonds is 8. The number of pyridine rings is 1. The number of nitrogens with one attached hydrogen (secondary N) is 1. The van der Waals surface area contributed by atoms with Crippen LogP contribution in [0.3, 0.4) is 0 Å². The molecule has 0 fully saturated rings. The van der Waals surface area contributed by atoms with Crippen molar-refractivity contribution < 1.29 is 28.9 Å². The van der Waals surface area contributed by atoms with Gasteiger partial charge in [-0.05, 0) is 0 Å². The van der Waals surface area contributed by atoms with Crippen molar-refractivity contribution in [2.24, 2.45) is 5.92 Å². The second-order valence-electron chi connectivity index (χ2n) is 10.1. The zero-order valence-electron chi connectivity index (χ0n) is 20.5. The Balaban J connectivity index is 1.76. The minimum atomic E-state index is -1.17. The van der Waals surface area contributed by atoms with Crippen molar-refractivity contribution in [2.75, 3.05) is 11.9 Å². The summed E-state index contributed by atoms with van der Waals surface area (Å²) in [6.45, 7) is 12.8. The second-order valence-corrected chi connectivity index (χ2v) is 13.6. The summed E-state index contributed by atoms with van der Waals surface area (Å²) in [5.74, 6) is 1.95. The molecule has 9 heteroatoms. The van der Waals surface area contributed by atoms with Gasteiger partial charge in [0.05, 0.1) is 0 Å². The molecule has 34 heavy (non-hydrogen) atoms. The summed E-state index contributed by atoms with van der Waals surface area (Å²) in [5.41, 5.74) is 2.14. The third-order valence-electron chi connectivity index (χ3n) is 5.00. The molecule has 0 saturated carbocycles. The standard InChI is InChI=1S/C25H32AsN2O6/c1-15(2)11-25(6,26-22(29)34-24(3,4)5)14-33-17-7-8-18-16(9-17)13-32-20-12-27-21(10-19(18)20)28-23(30)31/h7-10,12,15H,11,13-14H2,1-6H3,(H,27,28)(H,30,31). The van der Waals surface area contributed by atoms with Gasteiger partial charge in [0.1, 0.15) is 0 Å². The van der Waals surface area contributed by atoms with Crippen molar-refractivity contribution in [3.63, 3.8) is 0 Å². The molecule has 2 N–H and O–H groups in total. The van der Waals surface area contributed by atoms with Crippen molar-refractivity contribution in [3.8, 4) is 22.6 Å². The van der Waals surface area contributed by atoms with E-state index in [1.54, 1.807) is 6.07 Å². The first-order valence-electron chi connectivity index (χ1n) is 11.2. The van der Waals surface area contributed by atoms with E-state index in [9.17, 15) is 9.59 Å². The van der Waals surface area contributed by atoms with Crippen molar-refractivity contribution in [3.05, 3.63) is 36.0 Å². The number of benzene rings is 1. The fraction of sp³-hybridized carbons (Fsp3) is 0.480. The van der Waals surface area contributed by atoms with Gasteiger partial charge in [0.15, 0.2) is 0 Å². The van der Waals surface area contributed by atoms with Crippen LogP contribution in [0.1, 0.15) is 53.5 Å². The first-order valence-corrected chi connectivity index (χ1v) is 13.1. The van der Waals surface area contributed by atoms with E-state index in [1.807, 2.05) is 39.0 Å². The average Bonchev–Trinajstić information content (AvgIpc) is 2.69. The quantitative estimate of drug-likeness (QED) is 0.404. The molecule has 1 unspecified atom stereocenters. The molecule has 1 atom stereocenters. The molecule has 0 spiro atoms. The van der Waals surface area contributed by atoms with E-state index in [4.69, 9.17) is 19.3 Å². The number of carboxylic acid groups (broad SMARTS) is 1. The zero-order chi connectivity index (χ0) is 25.1. The molecule has 0 saturated heterocycles. The number of aromatic nitrogens is 1. The van der Waals surface area contributed by atoms with Crippen LogP contribution in [0, 0.1) is 5.92 Å². The van der Waals surface area contributed by atoms with E-state index >= 15 is 0 Å². The summed E-state index contributed by atoms with van der Waals surface area (Å²) in [6.07, 6.45) is 1.21. The van der Waals surface area contributed by atoms with E-state index < -0.39 is 27.4 Å². The number of hydrogen-bond acceptors (Lipinski definition) is 6. The third-order valence-corrected chi connectivity index (χ3v) is 7.37. The van der Waals surface area contributed by atoms with Gasteiger partial charge in [-0.15, -0.1) is 0 Å². The predicted molar refractivity (Wildman–Crippen MR) is 131 cm³/mol. The van der Waals surface area contributed by atoms with Crippen LogP contribution in [-0.2, 0) is 11.3 Å². The first-order chi connectivity index (χ1) is 15.8. The summed E-state index contributed by atoms with van der Waals surface area (Å²) in [7, 11) is 0. The molecule has 1 aliphatic heterocycles. The SMILES string of the molecule is CC(C)CC(C)(COc1ccc2c(c1)COc1cnc(NC(=O)O)cc1-2)[As]C(=O)OC(C)(C)C. The molecule has 8 nitrogen and oxygen atoms in total. The van der Waals surface area contributed by atoms with Crippen LogP contribution in [0.25, 0.3) is 11.1 Å². The van der Waals surface area contributed by atoms with Gasteiger partial charge in [-0.3, -0.25) is 0 Å². The van der Waals surface area contributed by atoms with E-state index in [0.29, 0.717) is 30.6 Å². The Kier molecular flexibility index (Phi) is 7.81. The molecular weight excluding hydrogens is 499 g/mol.